The van der Waals surface area contributed by atoms with E-state index in [9.17, 15) is 9.90 Å². The van der Waals surface area contributed by atoms with Crippen LogP contribution in [0, 0.1) is 0 Å². The second-order valence-corrected chi connectivity index (χ2v) is 4.71. The molecule has 1 aliphatic rings. The van der Waals surface area contributed by atoms with E-state index in [-0.39, 0.29) is 22.5 Å². The summed E-state index contributed by atoms with van der Waals surface area (Å²) in [6.07, 6.45) is 2.80. The Morgan fingerprint density at radius 1 is 1.50 bits per heavy atom. The van der Waals surface area contributed by atoms with E-state index < -0.39 is 5.97 Å². The van der Waals surface area contributed by atoms with Crippen LogP contribution in [0.15, 0.2) is 12.1 Å². The summed E-state index contributed by atoms with van der Waals surface area (Å²) in [6, 6.07) is 2.84. The molecule has 0 aromatic heterocycles. The van der Waals surface area contributed by atoms with Crippen LogP contribution in [0.25, 0.3) is 0 Å². The first-order valence-electron chi connectivity index (χ1n) is 5.89. The lowest BCUT2D eigenvalue weighted by atomic mass is 9.64. The number of ether oxygens (including phenoxy) is 1. The molecule has 98 valence electrons. The van der Waals surface area contributed by atoms with Gasteiger partial charge in [-0.15, -0.1) is 0 Å². The van der Waals surface area contributed by atoms with Crippen LogP contribution >= 0.6 is 0 Å². The van der Waals surface area contributed by atoms with Crippen molar-refractivity contribution in [2.24, 2.45) is 5.73 Å². The molecule has 4 N–H and O–H groups in total. The number of phenols is 1. The smallest absolute Gasteiger partial charge is 0.339 e. The highest BCUT2D eigenvalue weighted by molar-refractivity contribution is 5.91. The zero-order chi connectivity index (χ0) is 13.3. The van der Waals surface area contributed by atoms with E-state index in [1.807, 2.05) is 0 Å². The quantitative estimate of drug-likeness (QED) is 0.753. The minimum Gasteiger partial charge on any atom is -0.508 e. The minimum absolute atomic E-state index is 0.0574. The van der Waals surface area contributed by atoms with Crippen LogP contribution in [-0.2, 0) is 5.41 Å². The molecule has 0 unspecified atom stereocenters. The number of benzene rings is 1. The molecular weight excluding hydrogens is 234 g/mol. The van der Waals surface area contributed by atoms with Gasteiger partial charge >= 0.3 is 5.97 Å². The number of methoxy groups -OCH3 is 1. The molecule has 5 nitrogen and oxygen atoms in total. The fraction of sp³-hybridized carbons (Fsp3) is 0.462. The van der Waals surface area contributed by atoms with Crippen LogP contribution in [0.2, 0.25) is 0 Å². The average molecular weight is 251 g/mol. The zero-order valence-corrected chi connectivity index (χ0v) is 10.3. The Morgan fingerprint density at radius 2 is 2.17 bits per heavy atom. The number of carbonyl (C=O) groups is 1. The van der Waals surface area contributed by atoms with Gasteiger partial charge in [0.25, 0.3) is 0 Å². The Morgan fingerprint density at radius 3 is 2.56 bits per heavy atom. The van der Waals surface area contributed by atoms with Crippen molar-refractivity contribution < 1.29 is 19.7 Å². The average Bonchev–Trinajstić information content (AvgIpc) is 2.29. The molecule has 0 radical (unpaired) electrons. The maximum atomic E-state index is 11.2. The second-order valence-electron chi connectivity index (χ2n) is 4.71. The molecule has 1 aromatic carbocycles. The predicted octanol–water partition coefficient (Wildman–Crippen LogP) is 1.48. The maximum Gasteiger partial charge on any atom is 0.339 e. The lowest BCUT2D eigenvalue weighted by molar-refractivity contribution is 0.0693. The second kappa shape index (κ2) is 4.49. The van der Waals surface area contributed by atoms with E-state index in [4.69, 9.17) is 15.6 Å². The lowest BCUT2D eigenvalue weighted by Crippen LogP contribution is -2.41. The van der Waals surface area contributed by atoms with Gasteiger partial charge in [-0.1, -0.05) is 6.42 Å². The molecule has 5 heteroatoms. The van der Waals surface area contributed by atoms with Crippen molar-refractivity contribution in [1.82, 2.24) is 0 Å². The van der Waals surface area contributed by atoms with Crippen molar-refractivity contribution in [3.63, 3.8) is 0 Å². The minimum atomic E-state index is -1.07. The van der Waals surface area contributed by atoms with Crippen LogP contribution in [0.5, 0.6) is 11.5 Å². The largest absolute Gasteiger partial charge is 0.508 e. The summed E-state index contributed by atoms with van der Waals surface area (Å²) in [5.41, 5.74) is 6.18. The monoisotopic (exact) mass is 251 g/mol. The van der Waals surface area contributed by atoms with Crippen LogP contribution in [0.4, 0.5) is 0 Å². The lowest BCUT2D eigenvalue weighted by Gasteiger charge is -2.42. The molecule has 0 heterocycles. The van der Waals surface area contributed by atoms with Gasteiger partial charge in [0.2, 0.25) is 0 Å². The van der Waals surface area contributed by atoms with Gasteiger partial charge in [-0.2, -0.15) is 0 Å². The molecule has 0 aliphatic heterocycles. The highest BCUT2D eigenvalue weighted by Gasteiger charge is 2.40. The van der Waals surface area contributed by atoms with Gasteiger partial charge in [-0.05, 0) is 18.9 Å². The number of hydrogen-bond acceptors (Lipinski definition) is 4. The van der Waals surface area contributed by atoms with Crippen LogP contribution in [0.3, 0.4) is 0 Å². The number of rotatable bonds is 4. The highest BCUT2D eigenvalue weighted by Crippen LogP contribution is 2.47. The predicted molar refractivity (Wildman–Crippen MR) is 66.2 cm³/mol. The summed E-state index contributed by atoms with van der Waals surface area (Å²) in [5.74, 6) is -0.850. The molecule has 0 bridgehead atoms. The van der Waals surface area contributed by atoms with E-state index in [2.05, 4.69) is 0 Å². The van der Waals surface area contributed by atoms with Crippen molar-refractivity contribution in [3.8, 4) is 11.5 Å². The molecule has 0 amide bonds. The normalized spacial score (nSPS) is 17.0. The van der Waals surface area contributed by atoms with Crippen molar-refractivity contribution in [2.75, 3.05) is 13.7 Å². The van der Waals surface area contributed by atoms with Crippen LogP contribution in [0.1, 0.15) is 35.2 Å². The summed E-state index contributed by atoms with van der Waals surface area (Å²) in [5, 5.41) is 19.2. The summed E-state index contributed by atoms with van der Waals surface area (Å²) in [7, 11) is 1.38. The SMILES string of the molecule is COc1cc(O)c(C2(CN)CCC2)cc1C(=O)O. The highest BCUT2D eigenvalue weighted by atomic mass is 16.5. The van der Waals surface area contributed by atoms with E-state index in [0.29, 0.717) is 12.1 Å². The topological polar surface area (TPSA) is 92.8 Å². The molecule has 1 fully saturated rings. The Labute approximate surface area is 105 Å². The third-order valence-corrected chi connectivity index (χ3v) is 3.82. The Kier molecular flexibility index (Phi) is 3.17. The number of aromatic carboxylic acids is 1. The van der Waals surface area contributed by atoms with Gasteiger partial charge in [0.05, 0.1) is 7.11 Å². The summed E-state index contributed by atoms with van der Waals surface area (Å²) >= 11 is 0. The van der Waals surface area contributed by atoms with Crippen molar-refractivity contribution in [3.05, 3.63) is 23.3 Å². The fourth-order valence-electron chi connectivity index (χ4n) is 2.52. The van der Waals surface area contributed by atoms with Crippen molar-refractivity contribution >= 4 is 5.97 Å². The van der Waals surface area contributed by atoms with Crippen LogP contribution in [-0.4, -0.2) is 29.8 Å². The number of aromatic hydroxyl groups is 1. The number of carboxylic acids is 1. The Bertz CT molecular complexity index is 475. The number of phenolic OH excluding ortho intramolecular Hbond substituents is 1. The van der Waals surface area contributed by atoms with E-state index in [1.165, 1.54) is 19.2 Å². The number of hydrogen-bond donors (Lipinski definition) is 3. The molecule has 1 aromatic rings. The fourth-order valence-corrected chi connectivity index (χ4v) is 2.52. The van der Waals surface area contributed by atoms with Gasteiger partial charge in [-0.3, -0.25) is 0 Å². The van der Waals surface area contributed by atoms with Gasteiger partial charge in [0, 0.05) is 23.6 Å². The molecule has 1 aliphatic carbocycles. The van der Waals surface area contributed by atoms with Crippen LogP contribution < -0.4 is 10.5 Å². The van der Waals surface area contributed by atoms with Gasteiger partial charge in [-0.25, -0.2) is 4.79 Å². The van der Waals surface area contributed by atoms with E-state index >= 15 is 0 Å². The first-order valence-corrected chi connectivity index (χ1v) is 5.89. The summed E-state index contributed by atoms with van der Waals surface area (Å²) < 4.78 is 4.97. The molecular formula is C13H17NO4. The zero-order valence-electron chi connectivity index (χ0n) is 10.3. The van der Waals surface area contributed by atoms with Crippen molar-refractivity contribution in [2.45, 2.75) is 24.7 Å². The number of nitrogens with two attached hydrogens (primary N) is 1. The van der Waals surface area contributed by atoms with Gasteiger partial charge < -0.3 is 20.7 Å². The van der Waals surface area contributed by atoms with Gasteiger partial charge in [0.1, 0.15) is 17.1 Å². The Balaban J connectivity index is 2.55. The molecule has 0 saturated heterocycles. The molecule has 1 saturated carbocycles. The summed E-state index contributed by atoms with van der Waals surface area (Å²) in [4.78, 5) is 11.2. The Hall–Kier alpha value is -1.75. The molecule has 0 atom stereocenters. The molecule has 0 spiro atoms. The summed E-state index contributed by atoms with van der Waals surface area (Å²) in [6.45, 7) is 0.409. The standard InChI is InChI=1S/C13H17NO4/c1-18-11-6-10(15)9(5-8(11)12(16)17)13(7-14)3-2-4-13/h5-6,15H,2-4,7,14H2,1H3,(H,16,17). The first-order chi connectivity index (χ1) is 8.54. The van der Waals surface area contributed by atoms with E-state index in [1.54, 1.807) is 0 Å². The maximum absolute atomic E-state index is 11.2. The third kappa shape index (κ3) is 1.80. The van der Waals surface area contributed by atoms with Gasteiger partial charge in [0.15, 0.2) is 0 Å². The molecule has 18 heavy (non-hydrogen) atoms. The number of carboxylic acid groups (broad SMARTS) is 1. The molecule has 2 rings (SSSR count). The third-order valence-electron chi connectivity index (χ3n) is 3.82. The first kappa shape index (κ1) is 12.7. The van der Waals surface area contributed by atoms with Crippen molar-refractivity contribution in [1.29, 1.82) is 0 Å². The van der Waals surface area contributed by atoms with E-state index in [0.717, 1.165) is 19.3 Å².